The van der Waals surface area contributed by atoms with Gasteiger partial charge in [0.1, 0.15) is 0 Å². The van der Waals surface area contributed by atoms with Gasteiger partial charge in [-0.25, -0.2) is 9.67 Å². The molecule has 1 unspecified atom stereocenters. The van der Waals surface area contributed by atoms with Crippen molar-refractivity contribution in [3.05, 3.63) is 41.3 Å². The molecule has 2 aromatic rings. The van der Waals surface area contributed by atoms with E-state index in [9.17, 15) is 4.79 Å². The van der Waals surface area contributed by atoms with Crippen LogP contribution in [0.15, 0.2) is 24.4 Å². The van der Waals surface area contributed by atoms with Crippen LogP contribution in [0.2, 0.25) is 0 Å². The SMILES string of the molecule is CC(Cc1nn(-c2ccccn2)c2c1C(=O)CCC2)CC(C)(C)C. The van der Waals surface area contributed by atoms with Gasteiger partial charge in [-0.3, -0.25) is 4.79 Å². The van der Waals surface area contributed by atoms with Crippen molar-refractivity contribution in [1.29, 1.82) is 0 Å². The zero-order valence-electron chi connectivity index (χ0n) is 15.2. The van der Waals surface area contributed by atoms with E-state index in [0.717, 1.165) is 48.5 Å². The summed E-state index contributed by atoms with van der Waals surface area (Å²) in [6, 6.07) is 5.81. The first kappa shape index (κ1) is 16.9. The van der Waals surface area contributed by atoms with E-state index in [1.54, 1.807) is 6.20 Å². The highest BCUT2D eigenvalue weighted by Crippen LogP contribution is 2.31. The summed E-state index contributed by atoms with van der Waals surface area (Å²) in [6.45, 7) is 9.04. The molecule has 1 atom stereocenters. The topological polar surface area (TPSA) is 47.8 Å². The van der Waals surface area contributed by atoms with Crippen LogP contribution in [0.5, 0.6) is 0 Å². The summed E-state index contributed by atoms with van der Waals surface area (Å²) in [5, 5.41) is 4.82. The third kappa shape index (κ3) is 3.58. The average Bonchev–Trinajstić information content (AvgIpc) is 2.86. The Balaban J connectivity index is 1.98. The minimum atomic E-state index is 0.247. The van der Waals surface area contributed by atoms with Crippen molar-refractivity contribution < 1.29 is 4.79 Å². The number of carbonyl (C=O) groups excluding carboxylic acids is 1. The molecule has 0 spiro atoms. The molecule has 3 rings (SSSR count). The lowest BCUT2D eigenvalue weighted by atomic mass is 9.82. The highest BCUT2D eigenvalue weighted by atomic mass is 16.1. The molecule has 1 aliphatic carbocycles. The molecule has 0 bridgehead atoms. The minimum Gasteiger partial charge on any atom is -0.294 e. The van der Waals surface area contributed by atoms with Crippen LogP contribution in [0.25, 0.3) is 5.82 Å². The molecule has 4 nitrogen and oxygen atoms in total. The number of Topliss-reactive ketones (excluding diaryl/α,β-unsaturated/α-hetero) is 1. The lowest BCUT2D eigenvalue weighted by molar-refractivity contribution is 0.0971. The summed E-state index contributed by atoms with van der Waals surface area (Å²) in [5.41, 5.74) is 3.15. The summed E-state index contributed by atoms with van der Waals surface area (Å²) in [5.74, 6) is 1.55. The number of fused-ring (bicyclic) bond motifs is 1. The second-order valence-corrected chi connectivity index (χ2v) is 8.22. The van der Waals surface area contributed by atoms with Gasteiger partial charge in [-0.2, -0.15) is 5.10 Å². The van der Waals surface area contributed by atoms with Gasteiger partial charge >= 0.3 is 0 Å². The molecule has 128 valence electrons. The van der Waals surface area contributed by atoms with Crippen molar-refractivity contribution in [3.63, 3.8) is 0 Å². The summed E-state index contributed by atoms with van der Waals surface area (Å²) in [7, 11) is 0. The third-order valence-electron chi connectivity index (χ3n) is 4.52. The standard InChI is InChI=1S/C20H27N3O/c1-14(13-20(2,3)4)12-15-19-16(8-7-9-17(19)24)23(22-15)18-10-5-6-11-21-18/h5-6,10-11,14H,7-9,12-13H2,1-4H3. The molecule has 2 aromatic heterocycles. The van der Waals surface area contributed by atoms with Crippen molar-refractivity contribution in [2.75, 3.05) is 0 Å². The molecule has 0 N–H and O–H groups in total. The molecule has 1 aliphatic rings. The Morgan fingerprint density at radius 1 is 1.25 bits per heavy atom. The maximum Gasteiger partial charge on any atom is 0.166 e. The maximum absolute atomic E-state index is 12.5. The van der Waals surface area contributed by atoms with Crippen LogP contribution in [-0.4, -0.2) is 20.5 Å². The predicted octanol–water partition coefficient (Wildman–Crippen LogP) is 4.40. The van der Waals surface area contributed by atoms with Gasteiger partial charge in [0.25, 0.3) is 0 Å². The van der Waals surface area contributed by atoms with Crippen LogP contribution in [0.1, 0.15) is 68.7 Å². The molecule has 24 heavy (non-hydrogen) atoms. The molecule has 4 heteroatoms. The second-order valence-electron chi connectivity index (χ2n) is 8.22. The Morgan fingerprint density at radius 2 is 2.04 bits per heavy atom. The van der Waals surface area contributed by atoms with Crippen LogP contribution in [0, 0.1) is 11.3 Å². The lowest BCUT2D eigenvalue weighted by Gasteiger charge is -2.23. The number of pyridine rings is 1. The highest BCUT2D eigenvalue weighted by Gasteiger charge is 2.29. The van der Waals surface area contributed by atoms with Gasteiger partial charge in [0.15, 0.2) is 11.6 Å². The highest BCUT2D eigenvalue weighted by molar-refractivity contribution is 5.99. The molecular weight excluding hydrogens is 298 g/mol. The number of hydrogen-bond donors (Lipinski definition) is 0. The van der Waals surface area contributed by atoms with Gasteiger partial charge in [0.2, 0.25) is 0 Å². The lowest BCUT2D eigenvalue weighted by Crippen LogP contribution is -2.16. The largest absolute Gasteiger partial charge is 0.294 e. The van der Waals surface area contributed by atoms with E-state index in [4.69, 9.17) is 5.10 Å². The van der Waals surface area contributed by atoms with Gasteiger partial charge < -0.3 is 0 Å². The normalized spacial score (nSPS) is 16.1. The number of hydrogen-bond acceptors (Lipinski definition) is 3. The number of aromatic nitrogens is 3. The average molecular weight is 325 g/mol. The van der Waals surface area contributed by atoms with Crippen molar-refractivity contribution >= 4 is 5.78 Å². The van der Waals surface area contributed by atoms with Crippen molar-refractivity contribution in [1.82, 2.24) is 14.8 Å². The first-order valence-electron chi connectivity index (χ1n) is 8.90. The molecule has 0 saturated heterocycles. The second kappa shape index (κ2) is 6.50. The Hall–Kier alpha value is -1.97. The minimum absolute atomic E-state index is 0.247. The zero-order chi connectivity index (χ0) is 17.3. The fourth-order valence-electron chi connectivity index (χ4n) is 3.86. The van der Waals surface area contributed by atoms with Gasteiger partial charge in [-0.1, -0.05) is 33.8 Å². The molecule has 0 radical (unpaired) electrons. The van der Waals surface area contributed by atoms with E-state index >= 15 is 0 Å². The van der Waals surface area contributed by atoms with Crippen LogP contribution >= 0.6 is 0 Å². The van der Waals surface area contributed by atoms with E-state index < -0.39 is 0 Å². The van der Waals surface area contributed by atoms with Gasteiger partial charge in [-0.15, -0.1) is 0 Å². The van der Waals surface area contributed by atoms with Crippen LogP contribution in [0.3, 0.4) is 0 Å². The summed E-state index contributed by atoms with van der Waals surface area (Å²) < 4.78 is 1.89. The number of rotatable bonds is 4. The fraction of sp³-hybridized carbons (Fsp3) is 0.550. The molecule has 0 saturated carbocycles. The van der Waals surface area contributed by atoms with E-state index in [0.29, 0.717) is 12.3 Å². The van der Waals surface area contributed by atoms with Gasteiger partial charge in [-0.05, 0) is 49.1 Å². The fourth-order valence-corrected chi connectivity index (χ4v) is 3.86. The predicted molar refractivity (Wildman–Crippen MR) is 95.6 cm³/mol. The molecule has 2 heterocycles. The van der Waals surface area contributed by atoms with Crippen LogP contribution in [0.4, 0.5) is 0 Å². The van der Waals surface area contributed by atoms with Gasteiger partial charge in [0, 0.05) is 12.6 Å². The first-order chi connectivity index (χ1) is 11.3. The summed E-state index contributed by atoms with van der Waals surface area (Å²) in [4.78, 5) is 17.0. The molecule has 0 aromatic carbocycles. The summed E-state index contributed by atoms with van der Waals surface area (Å²) >= 11 is 0. The van der Waals surface area contributed by atoms with E-state index in [1.807, 2.05) is 22.9 Å². The van der Waals surface area contributed by atoms with Gasteiger partial charge in [0.05, 0.1) is 17.0 Å². The Labute approximate surface area is 144 Å². The van der Waals surface area contributed by atoms with Crippen molar-refractivity contribution in [2.45, 2.75) is 59.8 Å². The summed E-state index contributed by atoms with van der Waals surface area (Å²) in [6.07, 6.45) is 6.19. The number of nitrogens with zero attached hydrogens (tertiary/aromatic N) is 3. The Morgan fingerprint density at radius 3 is 2.71 bits per heavy atom. The smallest absolute Gasteiger partial charge is 0.166 e. The van der Waals surface area contributed by atoms with Crippen LogP contribution in [-0.2, 0) is 12.8 Å². The van der Waals surface area contributed by atoms with Crippen molar-refractivity contribution in [3.8, 4) is 5.82 Å². The molecular formula is C20H27N3O. The molecule has 0 fully saturated rings. The quantitative estimate of drug-likeness (QED) is 0.837. The van der Waals surface area contributed by atoms with Crippen molar-refractivity contribution in [2.24, 2.45) is 11.3 Å². The molecule has 0 aliphatic heterocycles. The van der Waals surface area contributed by atoms with Crippen LogP contribution < -0.4 is 0 Å². The zero-order valence-corrected chi connectivity index (χ0v) is 15.2. The van der Waals surface area contributed by atoms with E-state index in [2.05, 4.69) is 32.7 Å². The van der Waals surface area contributed by atoms with E-state index in [1.165, 1.54) is 0 Å². The number of carbonyl (C=O) groups is 1. The third-order valence-corrected chi connectivity index (χ3v) is 4.52. The monoisotopic (exact) mass is 325 g/mol. The van der Waals surface area contributed by atoms with E-state index in [-0.39, 0.29) is 11.2 Å². The number of ketones is 1. The molecule has 0 amide bonds. The first-order valence-corrected chi connectivity index (χ1v) is 8.90. The maximum atomic E-state index is 12.5. The Kier molecular flexibility index (Phi) is 4.57. The Bertz CT molecular complexity index is 725.